The smallest absolute Gasteiger partial charge is 0.227 e. The van der Waals surface area contributed by atoms with Crippen molar-refractivity contribution in [3.63, 3.8) is 0 Å². The lowest BCUT2D eigenvalue weighted by Crippen LogP contribution is -2.20. The maximum absolute atomic E-state index is 5.71. The Morgan fingerprint density at radius 3 is 2.69 bits per heavy atom. The van der Waals surface area contributed by atoms with Crippen molar-refractivity contribution in [3.8, 4) is 10.6 Å². The predicted molar refractivity (Wildman–Crippen MR) is 107 cm³/mol. The van der Waals surface area contributed by atoms with Crippen molar-refractivity contribution in [3.05, 3.63) is 42.2 Å². The van der Waals surface area contributed by atoms with Crippen LogP contribution >= 0.6 is 11.3 Å². The van der Waals surface area contributed by atoms with Crippen LogP contribution in [0.1, 0.15) is 12.6 Å². The first-order valence-electron chi connectivity index (χ1n) is 8.24. The Labute approximate surface area is 156 Å². The lowest BCUT2D eigenvalue weighted by molar-refractivity contribution is 0.190. The molecule has 1 atom stereocenters. The van der Waals surface area contributed by atoms with E-state index in [0.29, 0.717) is 18.2 Å². The van der Waals surface area contributed by atoms with Gasteiger partial charge >= 0.3 is 0 Å². The molecule has 0 fully saturated rings. The van der Waals surface area contributed by atoms with Crippen LogP contribution < -0.4 is 16.4 Å². The first kappa shape index (κ1) is 18.1. The number of ether oxygens (including phenoxy) is 1. The van der Waals surface area contributed by atoms with Crippen molar-refractivity contribution in [2.24, 2.45) is 0 Å². The summed E-state index contributed by atoms with van der Waals surface area (Å²) in [6.45, 7) is 4.66. The third kappa shape index (κ3) is 4.47. The quantitative estimate of drug-likeness (QED) is 0.546. The van der Waals surface area contributed by atoms with E-state index >= 15 is 0 Å². The topological polar surface area (TPSA) is 98.0 Å². The molecular weight excluding hydrogens is 348 g/mol. The van der Waals surface area contributed by atoms with Crippen LogP contribution in [0, 0.1) is 6.92 Å². The highest BCUT2D eigenvalue weighted by Gasteiger charge is 2.13. The number of aromatic nitrogens is 3. The van der Waals surface area contributed by atoms with Gasteiger partial charge in [0.15, 0.2) is 5.13 Å². The van der Waals surface area contributed by atoms with Gasteiger partial charge in [0.1, 0.15) is 0 Å². The van der Waals surface area contributed by atoms with Crippen LogP contribution in [-0.2, 0) is 4.74 Å². The minimum Gasteiger partial charge on any atom is -0.399 e. The maximum atomic E-state index is 5.71. The molecule has 1 unspecified atom stereocenters. The summed E-state index contributed by atoms with van der Waals surface area (Å²) in [5.74, 6) is 0.530. The van der Waals surface area contributed by atoms with Gasteiger partial charge in [0.25, 0.3) is 0 Å². The van der Waals surface area contributed by atoms with E-state index in [1.54, 1.807) is 24.6 Å². The maximum Gasteiger partial charge on any atom is 0.227 e. The lowest BCUT2D eigenvalue weighted by atomic mass is 10.3. The molecule has 3 rings (SSSR count). The number of nitrogens with two attached hydrogens (primary N) is 1. The molecule has 1 aromatic carbocycles. The molecule has 0 amide bonds. The van der Waals surface area contributed by atoms with E-state index in [4.69, 9.17) is 10.5 Å². The number of nitrogens with zero attached hydrogens (tertiary/aromatic N) is 3. The minimum absolute atomic E-state index is 0.187. The molecule has 0 bridgehead atoms. The molecule has 0 aliphatic rings. The average Bonchev–Trinajstić information content (AvgIpc) is 2.97. The van der Waals surface area contributed by atoms with Gasteiger partial charge in [0, 0.05) is 30.7 Å². The van der Waals surface area contributed by atoms with E-state index < -0.39 is 0 Å². The van der Waals surface area contributed by atoms with Crippen LogP contribution in [0.4, 0.5) is 22.5 Å². The van der Waals surface area contributed by atoms with Gasteiger partial charge in [-0.15, -0.1) is 0 Å². The Kier molecular flexibility index (Phi) is 5.65. The number of benzene rings is 1. The van der Waals surface area contributed by atoms with E-state index in [-0.39, 0.29) is 6.04 Å². The van der Waals surface area contributed by atoms with Crippen molar-refractivity contribution in [1.29, 1.82) is 0 Å². The molecule has 0 saturated carbocycles. The fraction of sp³-hybridized carbons (Fsp3) is 0.278. The van der Waals surface area contributed by atoms with Gasteiger partial charge in [-0.1, -0.05) is 11.3 Å². The largest absolute Gasteiger partial charge is 0.399 e. The SMILES string of the molecule is COCC(C)Nc1nc(C)c(-c2ccnc(Nc3ccc(N)cc3)n2)s1. The molecule has 0 aliphatic carbocycles. The molecule has 2 aromatic heterocycles. The highest BCUT2D eigenvalue weighted by molar-refractivity contribution is 7.19. The number of anilines is 4. The summed E-state index contributed by atoms with van der Waals surface area (Å²) in [7, 11) is 1.69. The summed E-state index contributed by atoms with van der Waals surface area (Å²) in [5.41, 5.74) is 9.08. The van der Waals surface area contributed by atoms with Crippen LogP contribution in [-0.4, -0.2) is 34.7 Å². The Morgan fingerprint density at radius 1 is 1.19 bits per heavy atom. The lowest BCUT2D eigenvalue weighted by Gasteiger charge is -2.10. The Morgan fingerprint density at radius 2 is 1.96 bits per heavy atom. The summed E-state index contributed by atoms with van der Waals surface area (Å²) in [6, 6.07) is 9.52. The summed E-state index contributed by atoms with van der Waals surface area (Å²) in [6.07, 6.45) is 1.74. The Balaban J connectivity index is 1.79. The van der Waals surface area contributed by atoms with Gasteiger partial charge in [-0.2, -0.15) is 0 Å². The van der Waals surface area contributed by atoms with Crippen molar-refractivity contribution >= 4 is 33.8 Å². The molecule has 0 saturated heterocycles. The van der Waals surface area contributed by atoms with Gasteiger partial charge in [0.05, 0.1) is 22.9 Å². The number of hydrogen-bond donors (Lipinski definition) is 3. The second-order valence-corrected chi connectivity index (χ2v) is 6.95. The van der Waals surface area contributed by atoms with E-state index in [2.05, 4.69) is 32.5 Å². The Hall–Kier alpha value is -2.71. The number of thiazole rings is 1. The molecule has 3 aromatic rings. The molecule has 0 radical (unpaired) electrons. The van der Waals surface area contributed by atoms with Crippen molar-refractivity contribution in [2.75, 3.05) is 30.1 Å². The standard InChI is InChI=1S/C18H22N6OS/c1-11(10-25-3)21-18-22-12(2)16(26-18)15-8-9-20-17(24-15)23-14-6-4-13(19)5-7-14/h4-9,11H,10,19H2,1-3H3,(H,21,22)(H,20,23,24). The molecule has 2 heterocycles. The number of aryl methyl sites for hydroxylation is 1. The minimum atomic E-state index is 0.187. The van der Waals surface area contributed by atoms with Crippen LogP contribution in [0.15, 0.2) is 36.5 Å². The molecule has 26 heavy (non-hydrogen) atoms. The number of nitrogens with one attached hydrogen (secondary N) is 2. The molecule has 0 spiro atoms. The monoisotopic (exact) mass is 370 g/mol. The highest BCUT2D eigenvalue weighted by Crippen LogP contribution is 2.32. The number of rotatable bonds is 7. The Bertz CT molecular complexity index is 864. The number of methoxy groups -OCH3 is 1. The molecule has 7 nitrogen and oxygen atoms in total. The van der Waals surface area contributed by atoms with Crippen LogP contribution in [0.25, 0.3) is 10.6 Å². The summed E-state index contributed by atoms with van der Waals surface area (Å²) >= 11 is 1.57. The highest BCUT2D eigenvalue weighted by atomic mass is 32.1. The van der Waals surface area contributed by atoms with Gasteiger partial charge in [-0.05, 0) is 44.2 Å². The van der Waals surface area contributed by atoms with E-state index in [0.717, 1.165) is 27.1 Å². The molecule has 136 valence electrons. The van der Waals surface area contributed by atoms with Gasteiger partial charge < -0.3 is 21.1 Å². The predicted octanol–water partition coefficient (Wildman–Crippen LogP) is 3.68. The first-order valence-corrected chi connectivity index (χ1v) is 9.05. The fourth-order valence-corrected chi connectivity index (χ4v) is 3.49. The summed E-state index contributed by atoms with van der Waals surface area (Å²) in [5, 5.41) is 7.39. The van der Waals surface area contributed by atoms with Crippen LogP contribution in [0.2, 0.25) is 0 Å². The molecule has 0 aliphatic heterocycles. The normalized spacial score (nSPS) is 12.0. The number of hydrogen-bond acceptors (Lipinski definition) is 8. The van der Waals surface area contributed by atoms with Gasteiger partial charge in [-0.25, -0.2) is 15.0 Å². The molecule has 4 N–H and O–H groups in total. The van der Waals surface area contributed by atoms with Gasteiger partial charge in [0.2, 0.25) is 5.95 Å². The molecule has 8 heteroatoms. The van der Waals surface area contributed by atoms with Crippen LogP contribution in [0.5, 0.6) is 0 Å². The molecular formula is C18H22N6OS. The zero-order chi connectivity index (χ0) is 18.5. The second kappa shape index (κ2) is 8.11. The third-order valence-electron chi connectivity index (χ3n) is 3.64. The second-order valence-electron chi connectivity index (χ2n) is 5.95. The van der Waals surface area contributed by atoms with Crippen LogP contribution in [0.3, 0.4) is 0 Å². The summed E-state index contributed by atoms with van der Waals surface area (Å²) in [4.78, 5) is 14.5. The van der Waals surface area contributed by atoms with Crippen molar-refractivity contribution in [1.82, 2.24) is 15.0 Å². The average molecular weight is 370 g/mol. The number of nitrogen functional groups attached to an aromatic ring is 1. The van der Waals surface area contributed by atoms with E-state index in [1.165, 1.54) is 0 Å². The zero-order valence-electron chi connectivity index (χ0n) is 15.0. The zero-order valence-corrected chi connectivity index (χ0v) is 15.8. The van der Waals surface area contributed by atoms with Gasteiger partial charge in [-0.3, -0.25) is 0 Å². The third-order valence-corrected chi connectivity index (χ3v) is 4.75. The fourth-order valence-electron chi connectivity index (χ4n) is 2.44. The van der Waals surface area contributed by atoms with E-state index in [9.17, 15) is 0 Å². The summed E-state index contributed by atoms with van der Waals surface area (Å²) < 4.78 is 5.15. The van der Waals surface area contributed by atoms with E-state index in [1.807, 2.05) is 37.3 Å². The van der Waals surface area contributed by atoms with Crippen molar-refractivity contribution < 1.29 is 4.74 Å². The first-order chi connectivity index (χ1) is 12.5. The van der Waals surface area contributed by atoms with Crippen molar-refractivity contribution in [2.45, 2.75) is 19.9 Å².